The van der Waals surface area contributed by atoms with Crippen LogP contribution in [-0.2, 0) is 39.7 Å². The minimum absolute atomic E-state index is 0.0219. The van der Waals surface area contributed by atoms with Gasteiger partial charge in [0.2, 0.25) is 0 Å². The summed E-state index contributed by atoms with van der Waals surface area (Å²) in [6.07, 6.45) is 3.79. The molecule has 1 aromatic carbocycles. The molecule has 5 nitrogen and oxygen atoms in total. The first-order valence-electron chi connectivity index (χ1n) is 9.82. The van der Waals surface area contributed by atoms with Gasteiger partial charge < -0.3 is 9.84 Å². The molecule has 2 aliphatic rings. The summed E-state index contributed by atoms with van der Waals surface area (Å²) in [4.78, 5) is 3.96. The lowest BCUT2D eigenvalue weighted by atomic mass is 9.81. The molecule has 2 aromatic rings. The van der Waals surface area contributed by atoms with E-state index in [1.165, 1.54) is 16.7 Å². The van der Waals surface area contributed by atoms with Crippen molar-refractivity contribution in [2.75, 3.05) is 19.4 Å². The first-order chi connectivity index (χ1) is 13.7. The third-order valence-corrected chi connectivity index (χ3v) is 8.99. The highest BCUT2D eigenvalue weighted by Crippen LogP contribution is 2.49. The molecule has 29 heavy (non-hydrogen) atoms. The molecular formula is C21H26ClNO4S2. The highest BCUT2D eigenvalue weighted by molar-refractivity contribution is 7.90. The van der Waals surface area contributed by atoms with Gasteiger partial charge in [-0.2, -0.15) is 0 Å². The number of benzene rings is 1. The van der Waals surface area contributed by atoms with E-state index in [0.29, 0.717) is 21.9 Å². The van der Waals surface area contributed by atoms with Crippen LogP contribution in [0.15, 0.2) is 29.2 Å². The smallest absolute Gasteiger partial charge is 0.175 e. The summed E-state index contributed by atoms with van der Waals surface area (Å²) >= 11 is 7.97. The first kappa shape index (κ1) is 21.3. The van der Waals surface area contributed by atoms with Crippen molar-refractivity contribution in [2.45, 2.75) is 55.9 Å². The van der Waals surface area contributed by atoms with Crippen molar-refractivity contribution >= 4 is 32.8 Å². The van der Waals surface area contributed by atoms with Crippen molar-refractivity contribution < 1.29 is 18.3 Å². The number of halogens is 1. The van der Waals surface area contributed by atoms with E-state index in [1.807, 2.05) is 12.1 Å². The number of hydrogen-bond donors (Lipinski definition) is 1. The summed E-state index contributed by atoms with van der Waals surface area (Å²) in [5, 5.41) is 9.71. The van der Waals surface area contributed by atoms with Crippen molar-refractivity contribution in [2.24, 2.45) is 0 Å². The van der Waals surface area contributed by atoms with Crippen molar-refractivity contribution in [3.63, 3.8) is 0 Å². The number of fused-ring (bicyclic) bond motifs is 2. The number of nitrogens with zero attached hydrogens (tertiary/aromatic N) is 1. The van der Waals surface area contributed by atoms with Crippen LogP contribution in [0.4, 0.5) is 0 Å². The number of sulfone groups is 1. The van der Waals surface area contributed by atoms with Crippen LogP contribution in [0.25, 0.3) is 0 Å². The average molecular weight is 456 g/mol. The molecule has 158 valence electrons. The van der Waals surface area contributed by atoms with Gasteiger partial charge in [0, 0.05) is 35.8 Å². The molecule has 1 spiro atoms. The lowest BCUT2D eigenvalue weighted by Crippen LogP contribution is -2.50. The summed E-state index contributed by atoms with van der Waals surface area (Å²) in [6.45, 7) is 4.52. The molecule has 2 atom stereocenters. The second-order valence-electron chi connectivity index (χ2n) is 8.10. The third kappa shape index (κ3) is 4.01. The van der Waals surface area contributed by atoms with E-state index in [0.717, 1.165) is 43.5 Å². The van der Waals surface area contributed by atoms with Gasteiger partial charge in [0.15, 0.2) is 9.84 Å². The maximum Gasteiger partial charge on any atom is 0.175 e. The Labute approximate surface area is 181 Å². The number of aliphatic hydroxyl groups excluding tert-OH is 1. The Morgan fingerprint density at radius 3 is 2.69 bits per heavy atom. The number of rotatable bonds is 4. The number of hydrogen-bond acceptors (Lipinski definition) is 6. The summed E-state index contributed by atoms with van der Waals surface area (Å²) in [5.74, 6) is 0. The Balaban J connectivity index is 1.51. The van der Waals surface area contributed by atoms with Crippen molar-refractivity contribution in [3.8, 4) is 0 Å². The molecule has 0 bridgehead atoms. The predicted molar refractivity (Wildman–Crippen MR) is 115 cm³/mol. The van der Waals surface area contributed by atoms with E-state index >= 15 is 0 Å². The molecule has 0 aliphatic carbocycles. The SMILES string of the molecule is C[C@H]1C[C@@]2(CCN1Cc1ccc(S(C)(=O)=O)cc1)OCCc1c2sc(Cl)c1CO. The highest BCUT2D eigenvalue weighted by Gasteiger charge is 2.45. The Bertz CT molecular complexity index is 1000. The molecule has 1 fully saturated rings. The van der Waals surface area contributed by atoms with Crippen molar-refractivity contribution in [1.29, 1.82) is 0 Å². The van der Waals surface area contributed by atoms with E-state index in [9.17, 15) is 13.5 Å². The molecular weight excluding hydrogens is 430 g/mol. The first-order valence-corrected chi connectivity index (χ1v) is 12.9. The van der Waals surface area contributed by atoms with Gasteiger partial charge in [-0.05, 0) is 49.4 Å². The molecule has 1 aromatic heterocycles. The number of likely N-dealkylation sites (tertiary alicyclic amines) is 1. The normalized spacial score (nSPS) is 25.3. The van der Waals surface area contributed by atoms with Gasteiger partial charge in [0.05, 0.1) is 22.4 Å². The zero-order valence-corrected chi connectivity index (χ0v) is 19.0. The van der Waals surface area contributed by atoms with Crippen LogP contribution in [0.2, 0.25) is 4.34 Å². The van der Waals surface area contributed by atoms with Gasteiger partial charge >= 0.3 is 0 Å². The van der Waals surface area contributed by atoms with E-state index < -0.39 is 9.84 Å². The average Bonchev–Trinajstić information content (AvgIpc) is 3.01. The summed E-state index contributed by atoms with van der Waals surface area (Å²) in [5.41, 5.74) is 2.85. The van der Waals surface area contributed by atoms with Crippen LogP contribution in [0.5, 0.6) is 0 Å². The molecule has 1 saturated heterocycles. The van der Waals surface area contributed by atoms with Gasteiger partial charge in [-0.1, -0.05) is 23.7 Å². The Morgan fingerprint density at radius 2 is 2.07 bits per heavy atom. The van der Waals surface area contributed by atoms with Gasteiger partial charge in [-0.15, -0.1) is 11.3 Å². The third-order valence-electron chi connectivity index (χ3n) is 6.16. The maximum atomic E-state index is 11.7. The highest BCUT2D eigenvalue weighted by atomic mass is 35.5. The predicted octanol–water partition coefficient (Wildman–Crippen LogP) is 3.75. The molecule has 3 heterocycles. The zero-order valence-electron chi connectivity index (χ0n) is 16.7. The Morgan fingerprint density at radius 1 is 1.34 bits per heavy atom. The number of thiophene rings is 1. The van der Waals surface area contributed by atoms with Gasteiger partial charge in [0.1, 0.15) is 5.60 Å². The maximum absolute atomic E-state index is 11.7. The zero-order chi connectivity index (χ0) is 20.8. The fourth-order valence-corrected chi connectivity index (χ4v) is 6.88. The van der Waals surface area contributed by atoms with Gasteiger partial charge in [-0.25, -0.2) is 8.42 Å². The number of ether oxygens (including phenoxy) is 1. The quantitative estimate of drug-likeness (QED) is 0.760. The molecule has 0 saturated carbocycles. The summed E-state index contributed by atoms with van der Waals surface area (Å²) < 4.78 is 30.3. The van der Waals surface area contributed by atoms with Crippen LogP contribution in [-0.4, -0.2) is 43.9 Å². The van der Waals surface area contributed by atoms with E-state index in [2.05, 4.69) is 11.8 Å². The summed E-state index contributed by atoms with van der Waals surface area (Å²) in [7, 11) is -3.17. The largest absolute Gasteiger partial charge is 0.392 e. The van der Waals surface area contributed by atoms with Crippen LogP contribution in [0.3, 0.4) is 0 Å². The standard InChI is InChI=1S/C21H26ClNO4S2/c1-14-11-21(19-17(7-10-27-21)18(13-24)20(22)28-19)8-9-23(14)12-15-3-5-16(6-4-15)29(2,25)26/h3-6,14,24H,7-13H2,1-2H3/t14-,21+/m0/s1. The number of aliphatic hydroxyl groups is 1. The van der Waals surface area contributed by atoms with Crippen molar-refractivity contribution in [3.05, 3.63) is 50.2 Å². The Hall–Kier alpha value is -0.960. The molecule has 1 N–H and O–H groups in total. The second-order valence-corrected chi connectivity index (χ2v) is 11.7. The van der Waals surface area contributed by atoms with Gasteiger partial charge in [-0.3, -0.25) is 4.90 Å². The van der Waals surface area contributed by atoms with Crippen LogP contribution in [0.1, 0.15) is 41.3 Å². The molecule has 4 rings (SSSR count). The van der Waals surface area contributed by atoms with Crippen molar-refractivity contribution in [1.82, 2.24) is 4.90 Å². The molecule has 2 aliphatic heterocycles. The van der Waals surface area contributed by atoms with E-state index in [-0.39, 0.29) is 12.2 Å². The van der Waals surface area contributed by atoms with Crippen LogP contribution < -0.4 is 0 Å². The molecule has 0 radical (unpaired) electrons. The minimum atomic E-state index is -3.17. The van der Waals surface area contributed by atoms with Crippen LogP contribution >= 0.6 is 22.9 Å². The van der Waals surface area contributed by atoms with E-state index in [4.69, 9.17) is 16.3 Å². The van der Waals surface area contributed by atoms with E-state index in [1.54, 1.807) is 23.5 Å². The fourth-order valence-electron chi connectivity index (χ4n) is 4.57. The lowest BCUT2D eigenvalue weighted by Gasteiger charge is -2.47. The van der Waals surface area contributed by atoms with Gasteiger partial charge in [0.25, 0.3) is 0 Å². The second kappa shape index (κ2) is 7.94. The molecule has 0 amide bonds. The fraction of sp³-hybridized carbons (Fsp3) is 0.524. The molecule has 8 heteroatoms. The topological polar surface area (TPSA) is 66.8 Å². The monoisotopic (exact) mass is 455 g/mol. The lowest BCUT2D eigenvalue weighted by molar-refractivity contribution is -0.110. The molecule has 0 unspecified atom stereocenters. The Kier molecular flexibility index (Phi) is 5.83. The summed E-state index contributed by atoms with van der Waals surface area (Å²) in [6, 6.07) is 7.47. The number of piperidine rings is 1. The van der Waals surface area contributed by atoms with Crippen LogP contribution in [0, 0.1) is 0 Å². The minimum Gasteiger partial charge on any atom is -0.392 e.